The molecule has 0 spiro atoms. The number of anilines is 1. The Kier molecular flexibility index (Phi) is 3.80. The second-order valence-corrected chi connectivity index (χ2v) is 4.50. The first-order valence-electron chi connectivity index (χ1n) is 6.15. The third-order valence-corrected chi connectivity index (χ3v) is 3.15. The maximum atomic E-state index is 12.2. The van der Waals surface area contributed by atoms with Crippen molar-refractivity contribution in [3.63, 3.8) is 0 Å². The maximum absolute atomic E-state index is 12.2. The Hall–Kier alpha value is -2.36. The van der Waals surface area contributed by atoms with Crippen LogP contribution in [0.15, 0.2) is 42.7 Å². The fraction of sp³-hybridized carbons (Fsp3) is 0.200. The van der Waals surface area contributed by atoms with Crippen LogP contribution in [0.1, 0.15) is 34.5 Å². The largest absolute Gasteiger partial charge is 0.398 e. The lowest BCUT2D eigenvalue weighted by Gasteiger charge is -2.15. The third kappa shape index (κ3) is 2.91. The Balaban J connectivity index is 2.16. The fourth-order valence-corrected chi connectivity index (χ4v) is 1.89. The van der Waals surface area contributed by atoms with Gasteiger partial charge in [-0.25, -0.2) is 0 Å². The summed E-state index contributed by atoms with van der Waals surface area (Å²) in [6.45, 7) is 3.77. The highest BCUT2D eigenvalue weighted by atomic mass is 16.1. The number of pyridine rings is 1. The third-order valence-electron chi connectivity index (χ3n) is 3.15. The molecule has 4 heteroatoms. The number of nitrogens with one attached hydrogen (secondary N) is 1. The zero-order chi connectivity index (χ0) is 13.8. The molecule has 1 atom stereocenters. The number of nitrogens with two attached hydrogens (primary N) is 1. The van der Waals surface area contributed by atoms with E-state index in [2.05, 4.69) is 10.3 Å². The van der Waals surface area contributed by atoms with E-state index in [1.807, 2.05) is 26.0 Å². The number of nitrogen functional groups attached to an aromatic ring is 1. The van der Waals surface area contributed by atoms with Gasteiger partial charge in [0, 0.05) is 23.6 Å². The van der Waals surface area contributed by atoms with Crippen LogP contribution in [-0.4, -0.2) is 10.9 Å². The van der Waals surface area contributed by atoms with Crippen molar-refractivity contribution in [1.82, 2.24) is 10.3 Å². The van der Waals surface area contributed by atoms with Gasteiger partial charge in [-0.3, -0.25) is 9.78 Å². The molecule has 3 N–H and O–H groups in total. The molecule has 0 saturated heterocycles. The van der Waals surface area contributed by atoms with E-state index in [0.717, 1.165) is 11.1 Å². The molecule has 0 fully saturated rings. The van der Waals surface area contributed by atoms with Gasteiger partial charge in [0.25, 0.3) is 5.91 Å². The van der Waals surface area contributed by atoms with Crippen molar-refractivity contribution >= 4 is 11.6 Å². The van der Waals surface area contributed by atoms with Gasteiger partial charge in [0.15, 0.2) is 0 Å². The monoisotopic (exact) mass is 255 g/mol. The Morgan fingerprint density at radius 2 is 2.11 bits per heavy atom. The van der Waals surface area contributed by atoms with E-state index in [1.165, 1.54) is 0 Å². The number of amides is 1. The molecule has 2 aromatic rings. The summed E-state index contributed by atoms with van der Waals surface area (Å²) < 4.78 is 0. The molecule has 0 aliphatic rings. The first-order chi connectivity index (χ1) is 9.09. The summed E-state index contributed by atoms with van der Waals surface area (Å²) in [6, 6.07) is 9.04. The Bertz CT molecular complexity index is 581. The van der Waals surface area contributed by atoms with Crippen LogP contribution in [0.2, 0.25) is 0 Å². The predicted molar refractivity (Wildman–Crippen MR) is 75.7 cm³/mol. The van der Waals surface area contributed by atoms with Crippen LogP contribution >= 0.6 is 0 Å². The lowest BCUT2D eigenvalue weighted by atomic mass is 10.1. The Labute approximate surface area is 112 Å². The zero-order valence-corrected chi connectivity index (χ0v) is 11.1. The topological polar surface area (TPSA) is 68.0 Å². The van der Waals surface area contributed by atoms with Crippen LogP contribution in [0.25, 0.3) is 0 Å². The highest BCUT2D eigenvalue weighted by molar-refractivity contribution is 5.97. The second kappa shape index (κ2) is 5.52. The van der Waals surface area contributed by atoms with Gasteiger partial charge in [-0.1, -0.05) is 12.1 Å². The van der Waals surface area contributed by atoms with Crippen molar-refractivity contribution in [1.29, 1.82) is 0 Å². The van der Waals surface area contributed by atoms with Crippen LogP contribution in [0, 0.1) is 6.92 Å². The van der Waals surface area contributed by atoms with Crippen molar-refractivity contribution in [3.05, 3.63) is 59.4 Å². The van der Waals surface area contributed by atoms with Crippen molar-refractivity contribution in [2.24, 2.45) is 0 Å². The number of benzene rings is 1. The quantitative estimate of drug-likeness (QED) is 0.828. The highest BCUT2D eigenvalue weighted by Crippen LogP contribution is 2.17. The molecular weight excluding hydrogens is 238 g/mol. The summed E-state index contributed by atoms with van der Waals surface area (Å²) in [5.74, 6) is -0.124. The summed E-state index contributed by atoms with van der Waals surface area (Å²) in [7, 11) is 0. The average molecular weight is 255 g/mol. The molecular formula is C15H17N3O. The highest BCUT2D eigenvalue weighted by Gasteiger charge is 2.14. The van der Waals surface area contributed by atoms with Crippen molar-refractivity contribution < 1.29 is 4.79 Å². The molecule has 19 heavy (non-hydrogen) atoms. The van der Waals surface area contributed by atoms with Gasteiger partial charge in [-0.15, -0.1) is 0 Å². The Morgan fingerprint density at radius 1 is 1.32 bits per heavy atom. The number of nitrogens with zero attached hydrogens (tertiary/aromatic N) is 1. The number of aromatic nitrogens is 1. The molecule has 4 nitrogen and oxygen atoms in total. The minimum atomic E-state index is -0.124. The summed E-state index contributed by atoms with van der Waals surface area (Å²) in [6.07, 6.45) is 3.46. The number of hydrogen-bond donors (Lipinski definition) is 2. The summed E-state index contributed by atoms with van der Waals surface area (Å²) in [5.41, 5.74) is 8.82. The van der Waals surface area contributed by atoms with Crippen LogP contribution in [0.3, 0.4) is 0 Å². The van der Waals surface area contributed by atoms with E-state index in [4.69, 9.17) is 5.73 Å². The second-order valence-electron chi connectivity index (χ2n) is 4.50. The molecule has 1 aromatic heterocycles. The van der Waals surface area contributed by atoms with E-state index >= 15 is 0 Å². The normalized spacial score (nSPS) is 11.9. The van der Waals surface area contributed by atoms with Crippen LogP contribution < -0.4 is 11.1 Å². The molecule has 0 radical (unpaired) electrons. The summed E-state index contributed by atoms with van der Waals surface area (Å²) >= 11 is 0. The number of rotatable bonds is 3. The summed E-state index contributed by atoms with van der Waals surface area (Å²) in [5, 5.41) is 2.95. The average Bonchev–Trinajstić information content (AvgIpc) is 2.42. The minimum absolute atomic E-state index is 0.0953. The SMILES string of the molecule is Cc1c(N)cccc1C(=O)N[C@@H](C)c1cccnc1. The molecule has 1 amide bonds. The standard InChI is InChI=1S/C15H17N3O/c1-10-13(6-3-7-14(10)16)15(19)18-11(2)12-5-4-8-17-9-12/h3-9,11H,16H2,1-2H3,(H,18,19)/t11-/m0/s1. The fourth-order valence-electron chi connectivity index (χ4n) is 1.89. The molecule has 1 heterocycles. The number of hydrogen-bond acceptors (Lipinski definition) is 3. The van der Waals surface area contributed by atoms with E-state index in [0.29, 0.717) is 11.3 Å². The van der Waals surface area contributed by atoms with Gasteiger partial charge in [0.2, 0.25) is 0 Å². The molecule has 0 aliphatic carbocycles. The van der Waals surface area contributed by atoms with Gasteiger partial charge in [0.1, 0.15) is 0 Å². The molecule has 0 aliphatic heterocycles. The van der Waals surface area contributed by atoms with Gasteiger partial charge in [0.05, 0.1) is 6.04 Å². The van der Waals surface area contributed by atoms with Gasteiger partial charge >= 0.3 is 0 Å². The molecule has 1 aromatic carbocycles. The lowest BCUT2D eigenvalue weighted by Crippen LogP contribution is -2.27. The van der Waals surface area contributed by atoms with Crippen molar-refractivity contribution in [3.8, 4) is 0 Å². The molecule has 98 valence electrons. The minimum Gasteiger partial charge on any atom is -0.398 e. The van der Waals surface area contributed by atoms with Gasteiger partial charge < -0.3 is 11.1 Å². The molecule has 2 rings (SSSR count). The first-order valence-corrected chi connectivity index (χ1v) is 6.15. The van der Waals surface area contributed by atoms with Crippen molar-refractivity contribution in [2.45, 2.75) is 19.9 Å². The van der Waals surface area contributed by atoms with Crippen LogP contribution in [0.4, 0.5) is 5.69 Å². The molecule has 0 saturated carbocycles. The van der Waals surface area contributed by atoms with E-state index < -0.39 is 0 Å². The maximum Gasteiger partial charge on any atom is 0.252 e. The number of carbonyl (C=O) groups excluding carboxylic acids is 1. The first kappa shape index (κ1) is 13.1. The van der Waals surface area contributed by atoms with Gasteiger partial charge in [-0.05, 0) is 43.2 Å². The smallest absolute Gasteiger partial charge is 0.252 e. The molecule has 0 bridgehead atoms. The lowest BCUT2D eigenvalue weighted by molar-refractivity contribution is 0.0939. The summed E-state index contributed by atoms with van der Waals surface area (Å²) in [4.78, 5) is 16.3. The number of carbonyl (C=O) groups is 1. The van der Waals surface area contributed by atoms with Crippen molar-refractivity contribution in [2.75, 3.05) is 5.73 Å². The van der Waals surface area contributed by atoms with E-state index in [-0.39, 0.29) is 11.9 Å². The predicted octanol–water partition coefficient (Wildman–Crippen LogP) is 2.46. The Morgan fingerprint density at radius 3 is 2.79 bits per heavy atom. The van der Waals surface area contributed by atoms with Crippen LogP contribution in [-0.2, 0) is 0 Å². The van der Waals surface area contributed by atoms with E-state index in [9.17, 15) is 4.79 Å². The molecule has 0 unspecified atom stereocenters. The van der Waals surface area contributed by atoms with Crippen LogP contribution in [0.5, 0.6) is 0 Å². The zero-order valence-electron chi connectivity index (χ0n) is 11.1. The van der Waals surface area contributed by atoms with Gasteiger partial charge in [-0.2, -0.15) is 0 Å². The van der Waals surface area contributed by atoms with E-state index in [1.54, 1.807) is 30.6 Å².